The molecule has 0 saturated carbocycles. The van der Waals surface area contributed by atoms with Gasteiger partial charge in [-0.15, -0.1) is 11.3 Å². The van der Waals surface area contributed by atoms with E-state index in [2.05, 4.69) is 46.5 Å². The van der Waals surface area contributed by atoms with Gasteiger partial charge in [-0.3, -0.25) is 4.79 Å². The first-order valence-electron chi connectivity index (χ1n) is 9.45. The Morgan fingerprint density at radius 1 is 1.07 bits per heavy atom. The van der Waals surface area contributed by atoms with Crippen LogP contribution in [0.2, 0.25) is 0 Å². The van der Waals surface area contributed by atoms with Gasteiger partial charge < -0.3 is 4.90 Å². The third kappa shape index (κ3) is 4.18. The van der Waals surface area contributed by atoms with Crippen LogP contribution in [0.15, 0.2) is 71.3 Å². The minimum absolute atomic E-state index is 0.0718. The predicted molar refractivity (Wildman–Crippen MR) is 123 cm³/mol. The number of thiophene rings is 1. The van der Waals surface area contributed by atoms with Crippen LogP contribution in [-0.4, -0.2) is 28.2 Å². The van der Waals surface area contributed by atoms with Crippen LogP contribution in [0.3, 0.4) is 0 Å². The number of fused-ring (bicyclic) bond motifs is 1. The van der Waals surface area contributed by atoms with E-state index in [0.717, 1.165) is 32.1 Å². The number of carbonyl (C=O) groups is 1. The second-order valence-electron chi connectivity index (χ2n) is 6.64. The van der Waals surface area contributed by atoms with Crippen molar-refractivity contribution in [3.8, 4) is 11.1 Å². The fraction of sp³-hybridized carbons (Fsp3) is 0.174. The van der Waals surface area contributed by atoms with Crippen LogP contribution in [0.4, 0.5) is 5.69 Å². The van der Waals surface area contributed by atoms with E-state index in [-0.39, 0.29) is 5.91 Å². The van der Waals surface area contributed by atoms with Gasteiger partial charge in [0.05, 0.1) is 11.1 Å². The van der Waals surface area contributed by atoms with Crippen molar-refractivity contribution >= 4 is 44.9 Å². The number of aromatic nitrogens is 2. The van der Waals surface area contributed by atoms with Crippen molar-refractivity contribution in [1.82, 2.24) is 9.97 Å². The minimum Gasteiger partial charge on any atom is -0.312 e. The maximum absolute atomic E-state index is 12.9. The van der Waals surface area contributed by atoms with Gasteiger partial charge in [0.2, 0.25) is 5.91 Å². The van der Waals surface area contributed by atoms with E-state index in [4.69, 9.17) is 0 Å². The summed E-state index contributed by atoms with van der Waals surface area (Å²) in [5.41, 5.74) is 4.41. The molecule has 0 N–H and O–H groups in total. The van der Waals surface area contributed by atoms with Gasteiger partial charge in [-0.2, -0.15) is 0 Å². The van der Waals surface area contributed by atoms with E-state index < -0.39 is 0 Å². The first kappa shape index (κ1) is 19.6. The second-order valence-corrected chi connectivity index (χ2v) is 8.46. The molecule has 0 atom stereocenters. The Bertz CT molecular complexity index is 1120. The average Bonchev–Trinajstić information content (AvgIpc) is 3.19. The van der Waals surface area contributed by atoms with E-state index in [9.17, 15) is 4.79 Å². The highest BCUT2D eigenvalue weighted by atomic mass is 32.2. The zero-order chi connectivity index (χ0) is 20.2. The Kier molecular flexibility index (Phi) is 5.92. The molecule has 2 aromatic heterocycles. The highest BCUT2D eigenvalue weighted by Gasteiger charge is 2.18. The van der Waals surface area contributed by atoms with E-state index in [0.29, 0.717) is 12.3 Å². The number of nitrogens with zero attached hydrogens (tertiary/aromatic N) is 3. The number of carbonyl (C=O) groups excluding carboxylic acids is 1. The summed E-state index contributed by atoms with van der Waals surface area (Å²) >= 11 is 3.09. The molecular weight excluding hydrogens is 398 g/mol. The molecule has 2 heterocycles. The Morgan fingerprint density at radius 3 is 2.55 bits per heavy atom. The fourth-order valence-electron chi connectivity index (χ4n) is 3.22. The molecule has 4 rings (SSSR count). The topological polar surface area (TPSA) is 46.1 Å². The lowest BCUT2D eigenvalue weighted by atomic mass is 10.1. The highest BCUT2D eigenvalue weighted by Crippen LogP contribution is 2.38. The molecule has 0 saturated heterocycles. The van der Waals surface area contributed by atoms with Gasteiger partial charge in [-0.05, 0) is 31.5 Å². The largest absolute Gasteiger partial charge is 0.312 e. The van der Waals surface area contributed by atoms with E-state index >= 15 is 0 Å². The van der Waals surface area contributed by atoms with Crippen molar-refractivity contribution in [2.75, 3.05) is 17.2 Å². The van der Waals surface area contributed by atoms with Crippen LogP contribution >= 0.6 is 23.1 Å². The number of hydrogen-bond acceptors (Lipinski definition) is 5. The van der Waals surface area contributed by atoms with Crippen LogP contribution in [-0.2, 0) is 4.79 Å². The molecule has 0 bridgehead atoms. The summed E-state index contributed by atoms with van der Waals surface area (Å²) in [6.07, 6.45) is 1.58. The van der Waals surface area contributed by atoms with Crippen molar-refractivity contribution in [3.05, 3.63) is 71.9 Å². The summed E-state index contributed by atoms with van der Waals surface area (Å²) in [4.78, 5) is 24.6. The molecule has 0 aliphatic rings. The van der Waals surface area contributed by atoms with Crippen molar-refractivity contribution in [2.45, 2.75) is 18.9 Å². The number of hydrogen-bond donors (Lipinski definition) is 0. The Labute approximate surface area is 178 Å². The molecule has 6 heteroatoms. The molecule has 0 radical (unpaired) electrons. The van der Waals surface area contributed by atoms with Crippen LogP contribution in [0.5, 0.6) is 0 Å². The van der Waals surface area contributed by atoms with Crippen LogP contribution in [0, 0.1) is 6.92 Å². The summed E-state index contributed by atoms with van der Waals surface area (Å²) in [5.74, 6) is 0.403. The number of aryl methyl sites for hydroxylation is 1. The van der Waals surface area contributed by atoms with Crippen molar-refractivity contribution in [2.24, 2.45) is 0 Å². The van der Waals surface area contributed by atoms with Gasteiger partial charge >= 0.3 is 0 Å². The molecule has 0 spiro atoms. The van der Waals surface area contributed by atoms with Crippen LogP contribution < -0.4 is 4.90 Å². The van der Waals surface area contributed by atoms with Crippen molar-refractivity contribution < 1.29 is 4.79 Å². The molecule has 0 fully saturated rings. The molecule has 0 unspecified atom stereocenters. The summed E-state index contributed by atoms with van der Waals surface area (Å²) in [7, 11) is 0. The summed E-state index contributed by atoms with van der Waals surface area (Å²) < 4.78 is 0. The van der Waals surface area contributed by atoms with Gasteiger partial charge in [-0.1, -0.05) is 59.8 Å². The normalized spacial score (nSPS) is 11.0. The van der Waals surface area contributed by atoms with Gasteiger partial charge in [0.25, 0.3) is 0 Å². The third-order valence-corrected chi connectivity index (χ3v) is 6.58. The van der Waals surface area contributed by atoms with Crippen molar-refractivity contribution in [3.63, 3.8) is 0 Å². The van der Waals surface area contributed by atoms with E-state index in [1.807, 2.05) is 37.3 Å². The minimum atomic E-state index is 0.0718. The average molecular weight is 420 g/mol. The third-order valence-electron chi connectivity index (χ3n) is 4.72. The number of rotatable bonds is 6. The number of benzene rings is 2. The quantitative estimate of drug-likeness (QED) is 0.292. The van der Waals surface area contributed by atoms with Gasteiger partial charge in [0, 0.05) is 23.2 Å². The molecule has 1 amide bonds. The lowest BCUT2D eigenvalue weighted by Gasteiger charge is -2.20. The smallest absolute Gasteiger partial charge is 0.237 e. The highest BCUT2D eigenvalue weighted by molar-refractivity contribution is 8.00. The molecule has 4 aromatic rings. The molecule has 4 nitrogen and oxygen atoms in total. The summed E-state index contributed by atoms with van der Waals surface area (Å²) in [6.45, 7) is 4.71. The lowest BCUT2D eigenvalue weighted by molar-refractivity contribution is -0.116. The van der Waals surface area contributed by atoms with E-state index in [1.165, 1.54) is 17.3 Å². The molecule has 2 aromatic carbocycles. The van der Waals surface area contributed by atoms with Gasteiger partial charge in [0.15, 0.2) is 0 Å². The predicted octanol–water partition coefficient (Wildman–Crippen LogP) is 5.81. The van der Waals surface area contributed by atoms with E-state index in [1.54, 1.807) is 22.6 Å². The zero-order valence-electron chi connectivity index (χ0n) is 16.3. The second kappa shape index (κ2) is 8.76. The zero-order valence-corrected chi connectivity index (χ0v) is 18.0. The maximum atomic E-state index is 12.9. The standard InChI is InChI=1S/C23H21N3OS2/c1-3-26(18-7-5-4-6-8-18)20(27)14-29-23-21-19(13-28-22(21)24-15-25-23)17-11-9-16(2)10-12-17/h4-13,15H,3,14H2,1-2H3. The summed E-state index contributed by atoms with van der Waals surface area (Å²) in [6, 6.07) is 18.2. The Morgan fingerprint density at radius 2 is 1.83 bits per heavy atom. The molecule has 0 aliphatic carbocycles. The maximum Gasteiger partial charge on any atom is 0.237 e. The summed E-state index contributed by atoms with van der Waals surface area (Å²) in [5, 5.41) is 4.00. The Balaban J connectivity index is 1.60. The molecular formula is C23H21N3OS2. The fourth-order valence-corrected chi connectivity index (χ4v) is 5.09. The monoisotopic (exact) mass is 419 g/mol. The number of anilines is 1. The molecule has 146 valence electrons. The lowest BCUT2D eigenvalue weighted by Crippen LogP contribution is -2.32. The Hall–Kier alpha value is -2.70. The van der Waals surface area contributed by atoms with Crippen LogP contribution in [0.25, 0.3) is 21.3 Å². The molecule has 0 aliphatic heterocycles. The van der Waals surface area contributed by atoms with Crippen LogP contribution in [0.1, 0.15) is 12.5 Å². The number of thioether (sulfide) groups is 1. The van der Waals surface area contributed by atoms with Gasteiger partial charge in [-0.25, -0.2) is 9.97 Å². The first-order chi connectivity index (χ1) is 14.2. The first-order valence-corrected chi connectivity index (χ1v) is 11.3. The number of para-hydroxylation sites is 1. The van der Waals surface area contributed by atoms with Crippen molar-refractivity contribution in [1.29, 1.82) is 0 Å². The molecule has 29 heavy (non-hydrogen) atoms. The number of amides is 1. The SMILES string of the molecule is CCN(C(=O)CSc1ncnc2scc(-c3ccc(C)cc3)c12)c1ccccc1. The van der Waals surface area contributed by atoms with Gasteiger partial charge in [0.1, 0.15) is 16.2 Å².